The topological polar surface area (TPSA) is 89.3 Å². The van der Waals surface area contributed by atoms with E-state index in [1.165, 1.54) is 0 Å². The molecule has 0 atom stereocenters. The van der Waals surface area contributed by atoms with Crippen molar-refractivity contribution < 1.29 is 9.53 Å². The van der Waals surface area contributed by atoms with Crippen LogP contribution in [0, 0.1) is 0 Å². The third-order valence-electron chi connectivity index (χ3n) is 2.61. The van der Waals surface area contributed by atoms with E-state index >= 15 is 0 Å². The Bertz CT molecular complexity index is 611. The summed E-state index contributed by atoms with van der Waals surface area (Å²) in [6.45, 7) is 3.92. The minimum Gasteiger partial charge on any atom is -0.491 e. The Morgan fingerprint density at radius 2 is 1.90 bits per heavy atom. The van der Waals surface area contributed by atoms with E-state index in [4.69, 9.17) is 10.6 Å². The molecule has 6 nitrogen and oxygen atoms in total. The molecule has 4 N–H and O–H groups in total. The number of benzene rings is 1. The molecule has 6 heteroatoms. The van der Waals surface area contributed by atoms with Crippen molar-refractivity contribution in [3.05, 3.63) is 48.2 Å². The summed E-state index contributed by atoms with van der Waals surface area (Å²) in [6.07, 6.45) is 0.112. The molecule has 2 rings (SSSR count). The van der Waals surface area contributed by atoms with Crippen LogP contribution >= 0.6 is 0 Å². The molecule has 0 unspecified atom stereocenters. The number of nitrogens with zero attached hydrogens (tertiary/aromatic N) is 1. The van der Waals surface area contributed by atoms with E-state index in [2.05, 4.69) is 15.7 Å². The van der Waals surface area contributed by atoms with Gasteiger partial charge in [-0.3, -0.25) is 4.79 Å². The van der Waals surface area contributed by atoms with E-state index in [0.717, 1.165) is 5.75 Å². The van der Waals surface area contributed by atoms with Gasteiger partial charge in [-0.25, -0.2) is 10.8 Å². The Hall–Kier alpha value is -2.60. The van der Waals surface area contributed by atoms with Crippen LogP contribution in [0.2, 0.25) is 0 Å². The second kappa shape index (κ2) is 6.71. The second-order valence-corrected chi connectivity index (χ2v) is 4.70. The van der Waals surface area contributed by atoms with Crippen LogP contribution in [0.5, 0.6) is 5.75 Å². The molecule has 0 saturated heterocycles. The smallest absolute Gasteiger partial charge is 0.274 e. The molecule has 0 spiro atoms. The summed E-state index contributed by atoms with van der Waals surface area (Å²) in [6, 6.07) is 12.2. The number of nitrogens with one attached hydrogen (secondary N) is 2. The molecule has 21 heavy (non-hydrogen) atoms. The fraction of sp³-hybridized carbons (Fsp3) is 0.200. The standard InChI is InChI=1S/C15H18N4O2/c1-10(2)21-12-8-6-11(7-9-12)17-15(20)13-4-3-5-14(18-13)19-16/h3-10H,16H2,1-2H3,(H,17,20)(H,18,19). The first kappa shape index (κ1) is 14.8. The lowest BCUT2D eigenvalue weighted by atomic mass is 10.2. The Morgan fingerprint density at radius 3 is 2.52 bits per heavy atom. The lowest BCUT2D eigenvalue weighted by Crippen LogP contribution is -2.16. The van der Waals surface area contributed by atoms with Crippen LogP contribution < -0.4 is 21.3 Å². The average molecular weight is 286 g/mol. The molecular weight excluding hydrogens is 268 g/mol. The molecular formula is C15H18N4O2. The maximum absolute atomic E-state index is 12.1. The van der Waals surface area contributed by atoms with Crippen molar-refractivity contribution in [2.75, 3.05) is 10.7 Å². The molecule has 1 aromatic heterocycles. The lowest BCUT2D eigenvalue weighted by Gasteiger charge is -2.10. The number of carbonyl (C=O) groups excluding carboxylic acids is 1. The van der Waals surface area contributed by atoms with E-state index in [1.807, 2.05) is 13.8 Å². The van der Waals surface area contributed by atoms with Crippen LogP contribution in [0.1, 0.15) is 24.3 Å². The van der Waals surface area contributed by atoms with Gasteiger partial charge in [-0.15, -0.1) is 0 Å². The summed E-state index contributed by atoms with van der Waals surface area (Å²) >= 11 is 0. The zero-order valence-corrected chi connectivity index (χ0v) is 12.0. The summed E-state index contributed by atoms with van der Waals surface area (Å²) in [7, 11) is 0. The Balaban J connectivity index is 2.05. The average Bonchev–Trinajstić information content (AvgIpc) is 2.49. The van der Waals surface area contributed by atoms with E-state index in [1.54, 1.807) is 42.5 Å². The van der Waals surface area contributed by atoms with Crippen LogP contribution in [-0.2, 0) is 0 Å². The fourth-order valence-electron chi connectivity index (χ4n) is 1.73. The highest BCUT2D eigenvalue weighted by Gasteiger charge is 2.08. The first-order chi connectivity index (χ1) is 10.1. The van der Waals surface area contributed by atoms with Gasteiger partial charge in [-0.2, -0.15) is 0 Å². The SMILES string of the molecule is CC(C)Oc1ccc(NC(=O)c2cccc(NN)n2)cc1. The van der Waals surface area contributed by atoms with Crippen molar-refractivity contribution in [2.24, 2.45) is 5.84 Å². The molecule has 2 aromatic rings. The molecule has 1 heterocycles. The maximum Gasteiger partial charge on any atom is 0.274 e. The number of hydrogen-bond donors (Lipinski definition) is 3. The first-order valence-electron chi connectivity index (χ1n) is 6.60. The molecule has 0 aliphatic carbocycles. The summed E-state index contributed by atoms with van der Waals surface area (Å²) in [5, 5.41) is 2.76. The number of hydrazine groups is 1. The summed E-state index contributed by atoms with van der Waals surface area (Å²) in [4.78, 5) is 16.1. The van der Waals surface area contributed by atoms with Gasteiger partial charge in [0.05, 0.1) is 6.10 Å². The summed E-state index contributed by atoms with van der Waals surface area (Å²) < 4.78 is 5.54. The summed E-state index contributed by atoms with van der Waals surface area (Å²) in [5.74, 6) is 6.16. The molecule has 1 amide bonds. The van der Waals surface area contributed by atoms with Crippen molar-refractivity contribution in [2.45, 2.75) is 20.0 Å². The lowest BCUT2D eigenvalue weighted by molar-refractivity contribution is 0.102. The number of nitrogens with two attached hydrogens (primary N) is 1. The normalized spacial score (nSPS) is 10.3. The minimum absolute atomic E-state index is 0.112. The Morgan fingerprint density at radius 1 is 1.19 bits per heavy atom. The fourth-order valence-corrected chi connectivity index (χ4v) is 1.73. The van der Waals surface area contributed by atoms with Crippen molar-refractivity contribution in [1.82, 2.24) is 4.98 Å². The second-order valence-electron chi connectivity index (χ2n) is 4.70. The van der Waals surface area contributed by atoms with E-state index in [0.29, 0.717) is 11.5 Å². The predicted octanol–water partition coefficient (Wildman–Crippen LogP) is 2.41. The van der Waals surface area contributed by atoms with E-state index in [-0.39, 0.29) is 17.7 Å². The highest BCUT2D eigenvalue weighted by molar-refractivity contribution is 6.03. The molecule has 0 bridgehead atoms. The van der Waals surface area contributed by atoms with Crippen molar-refractivity contribution in [3.8, 4) is 5.75 Å². The number of carbonyl (C=O) groups is 1. The number of anilines is 2. The van der Waals surface area contributed by atoms with Gasteiger partial charge in [-0.1, -0.05) is 6.07 Å². The van der Waals surface area contributed by atoms with Crippen molar-refractivity contribution in [3.63, 3.8) is 0 Å². The van der Waals surface area contributed by atoms with Crippen LogP contribution in [0.4, 0.5) is 11.5 Å². The minimum atomic E-state index is -0.301. The maximum atomic E-state index is 12.1. The van der Waals surface area contributed by atoms with E-state index < -0.39 is 0 Å². The van der Waals surface area contributed by atoms with Crippen LogP contribution in [0.15, 0.2) is 42.5 Å². The van der Waals surface area contributed by atoms with Crippen molar-refractivity contribution in [1.29, 1.82) is 0 Å². The van der Waals surface area contributed by atoms with Crippen LogP contribution in [0.3, 0.4) is 0 Å². The molecule has 110 valence electrons. The number of rotatable bonds is 5. The van der Waals surface area contributed by atoms with Gasteiger partial charge < -0.3 is 15.5 Å². The van der Waals surface area contributed by atoms with E-state index in [9.17, 15) is 4.79 Å². The predicted molar refractivity (Wildman–Crippen MR) is 82.2 cm³/mol. The van der Waals surface area contributed by atoms with Crippen LogP contribution in [-0.4, -0.2) is 17.0 Å². The quantitative estimate of drug-likeness (QED) is 0.580. The van der Waals surface area contributed by atoms with Crippen molar-refractivity contribution >= 4 is 17.4 Å². The van der Waals surface area contributed by atoms with Gasteiger partial charge in [0.1, 0.15) is 17.3 Å². The molecule has 1 aromatic carbocycles. The molecule has 0 radical (unpaired) electrons. The number of amides is 1. The Labute approximate surface area is 123 Å². The van der Waals surface area contributed by atoms with Crippen LogP contribution in [0.25, 0.3) is 0 Å². The highest BCUT2D eigenvalue weighted by Crippen LogP contribution is 2.17. The largest absolute Gasteiger partial charge is 0.491 e. The number of ether oxygens (including phenoxy) is 1. The third kappa shape index (κ3) is 4.19. The third-order valence-corrected chi connectivity index (χ3v) is 2.61. The monoisotopic (exact) mass is 286 g/mol. The Kier molecular flexibility index (Phi) is 4.73. The first-order valence-corrected chi connectivity index (χ1v) is 6.60. The molecule has 0 aliphatic heterocycles. The number of hydrogen-bond acceptors (Lipinski definition) is 5. The molecule has 0 fully saturated rings. The molecule has 0 aliphatic rings. The van der Waals surface area contributed by atoms with Gasteiger partial charge in [0, 0.05) is 5.69 Å². The van der Waals surface area contributed by atoms with Gasteiger partial charge in [-0.05, 0) is 50.2 Å². The zero-order valence-electron chi connectivity index (χ0n) is 12.0. The van der Waals surface area contributed by atoms with Gasteiger partial charge in [0.25, 0.3) is 5.91 Å². The number of pyridine rings is 1. The highest BCUT2D eigenvalue weighted by atomic mass is 16.5. The van der Waals surface area contributed by atoms with Gasteiger partial charge in [0.2, 0.25) is 0 Å². The number of nitrogen functional groups attached to an aromatic ring is 1. The number of aromatic nitrogens is 1. The zero-order chi connectivity index (χ0) is 15.2. The molecule has 0 saturated carbocycles. The van der Waals surface area contributed by atoms with Gasteiger partial charge >= 0.3 is 0 Å². The summed E-state index contributed by atoms with van der Waals surface area (Å²) in [5.41, 5.74) is 3.36. The van der Waals surface area contributed by atoms with Gasteiger partial charge in [0.15, 0.2) is 0 Å².